The molecule has 1 atom stereocenters. The SMILES string of the molecule is CC(C)=CCN1CCC[C@@H](CCNS(=O)(=O)C2CC2)C1. The maximum atomic E-state index is 11.7. The third kappa shape index (κ3) is 5.19. The predicted octanol–water partition coefficient (Wildman–Crippen LogP) is 2.14. The molecule has 0 radical (unpaired) electrons. The van der Waals surface area contributed by atoms with E-state index < -0.39 is 10.0 Å². The van der Waals surface area contributed by atoms with Gasteiger partial charge in [0.15, 0.2) is 0 Å². The smallest absolute Gasteiger partial charge is 0.214 e. The molecule has 1 N–H and O–H groups in total. The summed E-state index contributed by atoms with van der Waals surface area (Å²) in [7, 11) is -3.00. The van der Waals surface area contributed by atoms with E-state index in [0.29, 0.717) is 12.5 Å². The number of allylic oxidation sites excluding steroid dienone is 1. The maximum Gasteiger partial charge on any atom is 0.214 e. The van der Waals surface area contributed by atoms with Crippen molar-refractivity contribution in [2.45, 2.75) is 51.2 Å². The Hall–Kier alpha value is -0.390. The Bertz CT molecular complexity index is 437. The number of sulfonamides is 1. The van der Waals surface area contributed by atoms with Crippen LogP contribution in [0.4, 0.5) is 0 Å². The van der Waals surface area contributed by atoms with Gasteiger partial charge in [0.05, 0.1) is 5.25 Å². The molecule has 1 heterocycles. The van der Waals surface area contributed by atoms with Crippen molar-refractivity contribution in [2.24, 2.45) is 5.92 Å². The van der Waals surface area contributed by atoms with Gasteiger partial charge in [0.1, 0.15) is 0 Å². The van der Waals surface area contributed by atoms with E-state index in [4.69, 9.17) is 0 Å². The van der Waals surface area contributed by atoms with Gasteiger partial charge in [0.25, 0.3) is 0 Å². The van der Waals surface area contributed by atoms with E-state index in [1.54, 1.807) is 0 Å². The lowest BCUT2D eigenvalue weighted by atomic mass is 9.95. The lowest BCUT2D eigenvalue weighted by Gasteiger charge is -2.32. The van der Waals surface area contributed by atoms with E-state index in [9.17, 15) is 8.42 Å². The van der Waals surface area contributed by atoms with Crippen LogP contribution in [0, 0.1) is 5.92 Å². The fraction of sp³-hybridized carbons (Fsp3) is 0.867. The molecular formula is C15H28N2O2S. The number of piperidine rings is 1. The molecule has 1 aliphatic carbocycles. The second-order valence-corrected chi connectivity index (χ2v) is 8.52. The standard InChI is InChI=1S/C15H28N2O2S/c1-13(2)8-11-17-10-3-4-14(12-17)7-9-16-20(18,19)15-5-6-15/h8,14-16H,3-7,9-12H2,1-2H3/t14-/m0/s1. The molecule has 0 unspecified atom stereocenters. The molecule has 0 aromatic rings. The van der Waals surface area contributed by atoms with Crippen LogP contribution in [-0.4, -0.2) is 44.7 Å². The fourth-order valence-electron chi connectivity index (χ4n) is 2.77. The van der Waals surface area contributed by atoms with Crippen LogP contribution in [0.15, 0.2) is 11.6 Å². The summed E-state index contributed by atoms with van der Waals surface area (Å²) in [6, 6.07) is 0. The molecule has 0 amide bonds. The third-order valence-electron chi connectivity index (χ3n) is 4.18. The van der Waals surface area contributed by atoms with E-state index in [1.165, 1.54) is 25.0 Å². The van der Waals surface area contributed by atoms with Gasteiger partial charge in [-0.1, -0.05) is 11.6 Å². The summed E-state index contributed by atoms with van der Waals surface area (Å²) in [6.07, 6.45) is 7.40. The molecule has 1 aliphatic heterocycles. The van der Waals surface area contributed by atoms with Gasteiger partial charge in [-0.25, -0.2) is 13.1 Å². The summed E-state index contributed by atoms with van der Waals surface area (Å²) >= 11 is 0. The Morgan fingerprint density at radius 3 is 2.70 bits per heavy atom. The number of likely N-dealkylation sites (tertiary alicyclic amines) is 1. The zero-order valence-electron chi connectivity index (χ0n) is 12.8. The van der Waals surface area contributed by atoms with Crippen LogP contribution in [0.25, 0.3) is 0 Å². The van der Waals surface area contributed by atoms with Crippen molar-refractivity contribution >= 4 is 10.0 Å². The summed E-state index contributed by atoms with van der Waals surface area (Å²) in [6.45, 7) is 8.19. The van der Waals surface area contributed by atoms with Gasteiger partial charge < -0.3 is 0 Å². The average molecular weight is 300 g/mol. The zero-order valence-corrected chi connectivity index (χ0v) is 13.6. The Morgan fingerprint density at radius 2 is 2.05 bits per heavy atom. The molecule has 2 fully saturated rings. The molecule has 116 valence electrons. The van der Waals surface area contributed by atoms with Crippen molar-refractivity contribution in [2.75, 3.05) is 26.2 Å². The summed E-state index contributed by atoms with van der Waals surface area (Å²) in [4.78, 5) is 2.48. The predicted molar refractivity (Wildman–Crippen MR) is 83.2 cm³/mol. The molecule has 1 saturated carbocycles. The van der Waals surface area contributed by atoms with E-state index in [2.05, 4.69) is 29.5 Å². The number of rotatable bonds is 7. The van der Waals surface area contributed by atoms with Crippen LogP contribution in [0.3, 0.4) is 0 Å². The Kier molecular flexibility index (Phi) is 5.64. The van der Waals surface area contributed by atoms with Gasteiger partial charge in [-0.3, -0.25) is 4.90 Å². The lowest BCUT2D eigenvalue weighted by molar-refractivity contribution is 0.185. The van der Waals surface area contributed by atoms with Gasteiger partial charge in [-0.05, 0) is 58.4 Å². The average Bonchev–Trinajstić information content (AvgIpc) is 3.21. The lowest BCUT2D eigenvalue weighted by Crippen LogP contribution is -2.37. The highest BCUT2D eigenvalue weighted by molar-refractivity contribution is 7.90. The first-order valence-corrected chi connectivity index (χ1v) is 9.36. The van der Waals surface area contributed by atoms with Crippen LogP contribution in [0.1, 0.15) is 46.0 Å². The molecule has 5 heteroatoms. The van der Waals surface area contributed by atoms with Crippen molar-refractivity contribution in [3.63, 3.8) is 0 Å². The molecule has 4 nitrogen and oxygen atoms in total. The summed E-state index contributed by atoms with van der Waals surface area (Å²) in [5, 5.41) is -0.0944. The molecule has 0 bridgehead atoms. The molecular weight excluding hydrogens is 272 g/mol. The van der Waals surface area contributed by atoms with Gasteiger partial charge >= 0.3 is 0 Å². The number of hydrogen-bond acceptors (Lipinski definition) is 3. The first kappa shape index (κ1) is 16.0. The van der Waals surface area contributed by atoms with Crippen LogP contribution in [0.2, 0.25) is 0 Å². The maximum absolute atomic E-state index is 11.7. The first-order chi connectivity index (χ1) is 9.47. The van der Waals surface area contributed by atoms with Crippen molar-refractivity contribution < 1.29 is 8.42 Å². The minimum absolute atomic E-state index is 0.0944. The summed E-state index contributed by atoms with van der Waals surface area (Å²) < 4.78 is 26.3. The van der Waals surface area contributed by atoms with Crippen LogP contribution >= 0.6 is 0 Å². The number of hydrogen-bond donors (Lipinski definition) is 1. The largest absolute Gasteiger partial charge is 0.299 e. The molecule has 20 heavy (non-hydrogen) atoms. The second-order valence-electron chi connectivity index (χ2n) is 6.48. The molecule has 0 aromatic heterocycles. The van der Waals surface area contributed by atoms with Crippen LogP contribution in [-0.2, 0) is 10.0 Å². The Labute approximate surface area is 123 Å². The van der Waals surface area contributed by atoms with Crippen molar-refractivity contribution in [1.29, 1.82) is 0 Å². The number of nitrogens with zero attached hydrogens (tertiary/aromatic N) is 1. The van der Waals surface area contributed by atoms with Crippen molar-refractivity contribution in [3.05, 3.63) is 11.6 Å². The molecule has 2 aliphatic rings. The zero-order chi connectivity index (χ0) is 14.6. The second kappa shape index (κ2) is 7.05. The molecule has 0 aromatic carbocycles. The van der Waals surface area contributed by atoms with Crippen molar-refractivity contribution in [1.82, 2.24) is 9.62 Å². The summed E-state index contributed by atoms with van der Waals surface area (Å²) in [5.41, 5.74) is 1.37. The van der Waals surface area contributed by atoms with Gasteiger partial charge in [0, 0.05) is 19.6 Å². The molecule has 2 rings (SSSR count). The monoisotopic (exact) mass is 300 g/mol. The summed E-state index contributed by atoms with van der Waals surface area (Å²) in [5.74, 6) is 0.635. The van der Waals surface area contributed by atoms with Crippen LogP contribution < -0.4 is 4.72 Å². The van der Waals surface area contributed by atoms with Crippen LogP contribution in [0.5, 0.6) is 0 Å². The van der Waals surface area contributed by atoms with Gasteiger partial charge in [0.2, 0.25) is 10.0 Å². The Balaban J connectivity index is 1.69. The third-order valence-corrected chi connectivity index (χ3v) is 6.14. The quantitative estimate of drug-likeness (QED) is 0.733. The molecule has 1 saturated heterocycles. The Morgan fingerprint density at radius 1 is 1.30 bits per heavy atom. The fourth-order valence-corrected chi connectivity index (χ4v) is 4.16. The van der Waals surface area contributed by atoms with E-state index >= 15 is 0 Å². The first-order valence-electron chi connectivity index (χ1n) is 7.81. The molecule has 0 spiro atoms. The normalized spacial score (nSPS) is 24.6. The van der Waals surface area contributed by atoms with Gasteiger partial charge in [-0.2, -0.15) is 0 Å². The van der Waals surface area contributed by atoms with E-state index in [0.717, 1.165) is 32.4 Å². The number of nitrogens with one attached hydrogen (secondary N) is 1. The highest BCUT2D eigenvalue weighted by Crippen LogP contribution is 2.27. The minimum atomic E-state index is -3.00. The van der Waals surface area contributed by atoms with E-state index in [-0.39, 0.29) is 5.25 Å². The highest BCUT2D eigenvalue weighted by atomic mass is 32.2. The van der Waals surface area contributed by atoms with Crippen molar-refractivity contribution in [3.8, 4) is 0 Å². The topological polar surface area (TPSA) is 49.4 Å². The van der Waals surface area contributed by atoms with E-state index in [1.807, 2.05) is 0 Å². The minimum Gasteiger partial charge on any atom is -0.299 e. The highest BCUT2D eigenvalue weighted by Gasteiger charge is 2.35. The van der Waals surface area contributed by atoms with Gasteiger partial charge in [-0.15, -0.1) is 0 Å².